The number of anilines is 3. The smallest absolute Gasteiger partial charge is 0.189 e. The molecule has 8 heteroatoms. The summed E-state index contributed by atoms with van der Waals surface area (Å²) in [5.41, 5.74) is 11.6. The highest BCUT2D eigenvalue weighted by atomic mass is 16.3. The summed E-state index contributed by atoms with van der Waals surface area (Å²) in [4.78, 5) is 29.1. The second-order valence-corrected chi connectivity index (χ2v) is 17.6. The number of Topliss-reactive ketones (excluding diaryl/α,β-unsaturated/α-hetero) is 2. The number of benzene rings is 4. The fourth-order valence-corrected chi connectivity index (χ4v) is 7.42. The average molecular weight is 816 g/mol. The minimum atomic E-state index is -0.405. The molecule has 0 saturated carbocycles. The number of hydrogen-bond acceptors (Lipinski definition) is 8. The Hall–Kier alpha value is -6.06. The predicted molar refractivity (Wildman–Crippen MR) is 247 cm³/mol. The predicted octanol–water partition coefficient (Wildman–Crippen LogP) is 11.5. The van der Waals surface area contributed by atoms with E-state index in [0.717, 1.165) is 56.0 Å². The van der Waals surface area contributed by atoms with Gasteiger partial charge in [0.2, 0.25) is 0 Å². The lowest BCUT2D eigenvalue weighted by Crippen LogP contribution is -2.23. The van der Waals surface area contributed by atoms with Gasteiger partial charge >= 0.3 is 0 Å². The van der Waals surface area contributed by atoms with Crippen LogP contribution in [0.25, 0.3) is 6.08 Å². The molecule has 0 amide bonds. The van der Waals surface area contributed by atoms with Gasteiger partial charge < -0.3 is 20.2 Å². The molecule has 0 heterocycles. The second kappa shape index (κ2) is 19.1. The number of azo groups is 1. The van der Waals surface area contributed by atoms with Crippen molar-refractivity contribution in [3.63, 3.8) is 0 Å². The van der Waals surface area contributed by atoms with Gasteiger partial charge in [-0.1, -0.05) is 84.0 Å². The molecule has 0 bridgehead atoms. The van der Waals surface area contributed by atoms with Gasteiger partial charge in [0.05, 0.1) is 11.4 Å². The van der Waals surface area contributed by atoms with Crippen LogP contribution in [0.1, 0.15) is 70.7 Å². The normalized spacial score (nSPS) is 16.2. The molecule has 2 aliphatic carbocycles. The minimum absolute atomic E-state index is 0.0391. The maximum Gasteiger partial charge on any atom is 0.189 e. The van der Waals surface area contributed by atoms with Crippen LogP contribution in [0.2, 0.25) is 0 Å². The van der Waals surface area contributed by atoms with Crippen molar-refractivity contribution in [3.05, 3.63) is 177 Å². The third kappa shape index (κ3) is 10.8. The Morgan fingerprint density at radius 2 is 1.05 bits per heavy atom. The van der Waals surface area contributed by atoms with Gasteiger partial charge in [0.1, 0.15) is 0 Å². The Bertz CT molecular complexity index is 2430. The van der Waals surface area contributed by atoms with Gasteiger partial charge in [-0.25, -0.2) is 0 Å². The minimum Gasteiger partial charge on any atom is -0.396 e. The van der Waals surface area contributed by atoms with E-state index in [1.807, 2.05) is 176 Å². The van der Waals surface area contributed by atoms with Gasteiger partial charge in [-0.05, 0) is 161 Å². The first-order valence-electron chi connectivity index (χ1n) is 20.9. The van der Waals surface area contributed by atoms with Crippen LogP contribution < -0.4 is 4.90 Å². The van der Waals surface area contributed by atoms with Crippen LogP contribution in [0, 0.1) is 10.8 Å². The van der Waals surface area contributed by atoms with Crippen molar-refractivity contribution < 1.29 is 24.9 Å². The van der Waals surface area contributed by atoms with E-state index in [0.29, 0.717) is 47.4 Å². The van der Waals surface area contributed by atoms with Crippen molar-refractivity contribution in [1.82, 2.24) is 0 Å². The van der Waals surface area contributed by atoms with Crippen molar-refractivity contribution >= 4 is 46.1 Å². The van der Waals surface area contributed by atoms with E-state index < -0.39 is 5.41 Å². The van der Waals surface area contributed by atoms with E-state index in [4.69, 9.17) is 0 Å². The third-order valence-electron chi connectivity index (χ3n) is 10.9. The average Bonchev–Trinajstić information content (AvgIpc) is 3.22. The number of ketones is 2. The van der Waals surface area contributed by atoms with Crippen LogP contribution in [0.5, 0.6) is 0 Å². The third-order valence-corrected chi connectivity index (χ3v) is 10.9. The molecule has 0 aliphatic heterocycles. The fraction of sp³-hybridized carbons (Fsp3) is 0.283. The van der Waals surface area contributed by atoms with E-state index in [9.17, 15) is 24.9 Å². The molecule has 0 atom stereocenters. The quantitative estimate of drug-likeness (QED) is 0.116. The molecule has 61 heavy (non-hydrogen) atoms. The van der Waals surface area contributed by atoms with Gasteiger partial charge in [-0.2, -0.15) is 10.2 Å². The Morgan fingerprint density at radius 1 is 0.557 bits per heavy atom. The fourth-order valence-electron chi connectivity index (χ4n) is 7.42. The summed E-state index contributed by atoms with van der Waals surface area (Å²) >= 11 is 0. The molecule has 3 N–H and O–H groups in total. The first-order chi connectivity index (χ1) is 29.1. The molecule has 4 aromatic rings. The van der Waals surface area contributed by atoms with E-state index in [1.165, 1.54) is 0 Å². The summed E-state index contributed by atoms with van der Waals surface area (Å²) < 4.78 is 0. The van der Waals surface area contributed by atoms with E-state index >= 15 is 0 Å². The Labute approximate surface area is 360 Å². The topological polar surface area (TPSA) is 123 Å². The van der Waals surface area contributed by atoms with Crippen molar-refractivity contribution in [2.24, 2.45) is 21.1 Å². The number of rotatable bonds is 13. The van der Waals surface area contributed by atoms with Gasteiger partial charge in [-0.15, -0.1) is 0 Å². The van der Waals surface area contributed by atoms with Crippen LogP contribution in [-0.4, -0.2) is 46.7 Å². The maximum atomic E-state index is 13.9. The number of aliphatic hydroxyl groups excluding tert-OH is 3. The highest BCUT2D eigenvalue weighted by Crippen LogP contribution is 2.39. The number of allylic oxidation sites excluding steroid dienone is 11. The van der Waals surface area contributed by atoms with Crippen molar-refractivity contribution in [2.45, 2.75) is 67.7 Å². The monoisotopic (exact) mass is 815 g/mol. The first kappa shape index (κ1) is 44.5. The summed E-state index contributed by atoms with van der Waals surface area (Å²) in [5, 5.41) is 38.0. The molecule has 314 valence electrons. The lowest BCUT2D eigenvalue weighted by atomic mass is 9.75. The zero-order valence-electron chi connectivity index (χ0n) is 36.4. The number of aliphatic hydroxyl groups is 3. The number of carbonyl (C=O) groups is 2. The molecule has 0 fully saturated rings. The van der Waals surface area contributed by atoms with E-state index in [1.54, 1.807) is 0 Å². The van der Waals surface area contributed by atoms with Crippen LogP contribution in [0.4, 0.5) is 28.4 Å². The molecule has 0 spiro atoms. The van der Waals surface area contributed by atoms with Crippen LogP contribution in [0.15, 0.2) is 165 Å². The molecule has 0 unspecified atom stereocenters. The van der Waals surface area contributed by atoms with Crippen LogP contribution in [0.3, 0.4) is 0 Å². The zero-order chi connectivity index (χ0) is 43.9. The van der Waals surface area contributed by atoms with Gasteiger partial charge in [-0.3, -0.25) is 9.59 Å². The Morgan fingerprint density at radius 3 is 1.56 bits per heavy atom. The molecule has 0 saturated heterocycles. The molecular weight excluding hydrogens is 759 g/mol. The molecule has 4 aromatic carbocycles. The first-order valence-corrected chi connectivity index (χ1v) is 20.9. The summed E-state index contributed by atoms with van der Waals surface area (Å²) in [6.07, 6.45) is 13.1. The zero-order valence-corrected chi connectivity index (χ0v) is 36.4. The molecular formula is C53H57N3O5. The van der Waals surface area contributed by atoms with Crippen LogP contribution in [-0.2, 0) is 28.9 Å². The molecule has 6 rings (SSSR count). The SMILES string of the molecule is CC1=C/C(=C2C=C(/C=C/c3ccc(/N=N/c4ccc(N(c5ccc(CCO)cc5)c5ccc(CCO)cc5)cc4)c(CCO)c3)C(=O)C(C(C)(C)C)=C\2)C=C(C(C)(C)C)C1=O. The van der Waals surface area contributed by atoms with E-state index in [2.05, 4.69) is 15.1 Å². The largest absolute Gasteiger partial charge is 0.396 e. The number of carbonyl (C=O) groups excluding carboxylic acids is 2. The lowest BCUT2D eigenvalue weighted by Gasteiger charge is -2.28. The number of hydrogen-bond donors (Lipinski definition) is 3. The highest BCUT2D eigenvalue weighted by molar-refractivity contribution is 6.14. The van der Waals surface area contributed by atoms with Gasteiger partial charge in [0, 0.05) is 53.6 Å². The van der Waals surface area contributed by atoms with Gasteiger partial charge in [0.25, 0.3) is 0 Å². The molecule has 0 aromatic heterocycles. The Balaban J connectivity index is 1.27. The molecule has 2 aliphatic rings. The second-order valence-electron chi connectivity index (χ2n) is 17.6. The summed E-state index contributed by atoms with van der Waals surface area (Å²) in [5.74, 6) is 0.00808. The summed E-state index contributed by atoms with van der Waals surface area (Å²) in [7, 11) is 0. The molecule has 0 radical (unpaired) electrons. The van der Waals surface area contributed by atoms with Crippen molar-refractivity contribution in [2.75, 3.05) is 24.7 Å². The Kier molecular flexibility index (Phi) is 13.9. The van der Waals surface area contributed by atoms with Crippen molar-refractivity contribution in [3.8, 4) is 0 Å². The molecule has 8 nitrogen and oxygen atoms in total. The van der Waals surface area contributed by atoms with Crippen molar-refractivity contribution in [1.29, 1.82) is 0 Å². The summed E-state index contributed by atoms with van der Waals surface area (Å²) in [6, 6.07) is 29.8. The highest BCUT2D eigenvalue weighted by Gasteiger charge is 2.31. The maximum absolute atomic E-state index is 13.9. The van der Waals surface area contributed by atoms with E-state index in [-0.39, 0.29) is 36.8 Å². The number of nitrogens with zero attached hydrogens (tertiary/aromatic N) is 3. The van der Waals surface area contributed by atoms with Gasteiger partial charge in [0.15, 0.2) is 11.6 Å². The lowest BCUT2D eigenvalue weighted by molar-refractivity contribution is -0.113. The standard InChI is InChI=1S/C53H57N3O5/c1-35-30-41(33-47(50(35)60)52(2,3)4)42-32-40(51(61)48(34-42)53(5,6)7)14-8-38-13-23-49(39(31-38)26-29-59)55-54-43-15-21-46(22-16-43)56(44-17-9-36(10-18-44)24-27-57)45-19-11-37(12-20-45)25-28-58/h8-23,30-34,57-59H,24-29H2,1-7H3/b14-8+,42-41-,55-54+. The summed E-state index contributed by atoms with van der Waals surface area (Å²) in [6.45, 7) is 14.2. The van der Waals surface area contributed by atoms with Crippen LogP contribution >= 0.6 is 0 Å².